The average Bonchev–Trinajstić information content (AvgIpc) is 2.02. The number of hydrogen-bond donors (Lipinski definition) is 1. The smallest absolute Gasteiger partial charge is 0.267 e. The van der Waals surface area contributed by atoms with Crippen molar-refractivity contribution in [3.05, 3.63) is 33.5 Å². The number of pyridine rings is 1. The molecule has 0 fully saturated rings. The number of aromatic amines is 1. The lowest BCUT2D eigenvalue weighted by atomic mass is 10.2. The first kappa shape index (κ1) is 8.19. The lowest BCUT2D eigenvalue weighted by Gasteiger charge is -1.99. The third kappa shape index (κ3) is 1.29. The van der Waals surface area contributed by atoms with Gasteiger partial charge in [0.05, 0.1) is 17.3 Å². The van der Waals surface area contributed by atoms with E-state index in [0.717, 1.165) is 0 Å². The van der Waals surface area contributed by atoms with Crippen molar-refractivity contribution in [1.29, 1.82) is 0 Å². The zero-order chi connectivity index (χ0) is 9.42. The van der Waals surface area contributed by atoms with Crippen LogP contribution < -0.4 is 5.56 Å². The molecule has 0 aliphatic carbocycles. The molecule has 0 saturated carbocycles. The predicted molar refractivity (Wildman–Crippen MR) is 49.9 cm³/mol. The third-order valence-electron chi connectivity index (χ3n) is 1.80. The van der Waals surface area contributed by atoms with Gasteiger partial charge in [-0.25, -0.2) is 10.1 Å². The summed E-state index contributed by atoms with van der Waals surface area (Å²) in [6, 6.07) is 1.62. The Bertz CT molecular complexity index is 520. The Hall–Kier alpha value is -1.42. The van der Waals surface area contributed by atoms with Crippen molar-refractivity contribution in [2.45, 2.75) is 6.92 Å². The minimum absolute atomic E-state index is 0.237. The molecule has 13 heavy (non-hydrogen) atoms. The fourth-order valence-corrected chi connectivity index (χ4v) is 1.52. The number of nitrogens with zero attached hydrogens (tertiary/aromatic N) is 2. The molecular weight excluding hydrogens is 190 g/mol. The molecule has 1 N–H and O–H groups in total. The first-order valence-electron chi connectivity index (χ1n) is 3.69. The molecule has 0 bridgehead atoms. The van der Waals surface area contributed by atoms with E-state index in [0.29, 0.717) is 21.6 Å². The second kappa shape index (κ2) is 2.81. The van der Waals surface area contributed by atoms with Crippen molar-refractivity contribution < 1.29 is 0 Å². The van der Waals surface area contributed by atoms with Crippen molar-refractivity contribution in [1.82, 2.24) is 15.2 Å². The van der Waals surface area contributed by atoms with Crippen LogP contribution in [0.3, 0.4) is 0 Å². The van der Waals surface area contributed by atoms with Crippen LogP contribution in [-0.4, -0.2) is 15.2 Å². The van der Waals surface area contributed by atoms with Gasteiger partial charge in [-0.1, -0.05) is 11.6 Å². The lowest BCUT2D eigenvalue weighted by Crippen LogP contribution is -2.09. The maximum Gasteiger partial charge on any atom is 0.273 e. The molecule has 0 saturated heterocycles. The predicted octanol–water partition coefficient (Wildman–Crippen LogP) is 1.28. The van der Waals surface area contributed by atoms with Gasteiger partial charge in [-0.15, -0.1) is 0 Å². The number of aromatic nitrogens is 3. The van der Waals surface area contributed by atoms with E-state index in [1.165, 1.54) is 0 Å². The maximum absolute atomic E-state index is 11.3. The summed E-state index contributed by atoms with van der Waals surface area (Å²) >= 11 is 5.73. The van der Waals surface area contributed by atoms with Gasteiger partial charge >= 0.3 is 0 Å². The van der Waals surface area contributed by atoms with Crippen LogP contribution in [-0.2, 0) is 0 Å². The molecule has 0 atom stereocenters. The number of halogens is 1. The average molecular weight is 196 g/mol. The van der Waals surface area contributed by atoms with Crippen LogP contribution in [0.15, 0.2) is 17.1 Å². The summed E-state index contributed by atoms with van der Waals surface area (Å²) < 4.78 is 0. The van der Waals surface area contributed by atoms with E-state index < -0.39 is 0 Å². The number of rotatable bonds is 0. The standard InChI is InChI=1S/C8H6ClN3O/c1-4-7-5(2-6(9)11-4)3-10-12-8(7)13/h2-3H,1H3,(H,12,13). The number of H-pyrrole nitrogens is 1. The van der Waals surface area contributed by atoms with Crippen molar-refractivity contribution in [2.75, 3.05) is 0 Å². The summed E-state index contributed by atoms with van der Waals surface area (Å²) in [5, 5.41) is 7.64. The van der Waals surface area contributed by atoms with Crippen molar-refractivity contribution in [3.63, 3.8) is 0 Å². The van der Waals surface area contributed by atoms with Gasteiger partial charge in [0.15, 0.2) is 0 Å². The molecule has 0 aromatic carbocycles. The van der Waals surface area contributed by atoms with E-state index in [2.05, 4.69) is 15.2 Å². The fraction of sp³-hybridized carbons (Fsp3) is 0.125. The summed E-state index contributed by atoms with van der Waals surface area (Å²) in [6.45, 7) is 1.74. The summed E-state index contributed by atoms with van der Waals surface area (Å²) in [6.07, 6.45) is 1.55. The Balaban J connectivity index is 3.03. The van der Waals surface area contributed by atoms with Crippen LogP contribution in [0.1, 0.15) is 5.69 Å². The van der Waals surface area contributed by atoms with Gasteiger partial charge in [0.1, 0.15) is 5.15 Å². The van der Waals surface area contributed by atoms with E-state index in [1.807, 2.05) is 0 Å². The second-order valence-corrected chi connectivity index (χ2v) is 3.08. The first-order chi connectivity index (χ1) is 6.18. The monoisotopic (exact) mass is 195 g/mol. The van der Waals surface area contributed by atoms with E-state index in [9.17, 15) is 4.79 Å². The van der Waals surface area contributed by atoms with Crippen molar-refractivity contribution >= 4 is 22.4 Å². The number of fused-ring (bicyclic) bond motifs is 1. The Morgan fingerprint density at radius 2 is 2.31 bits per heavy atom. The van der Waals surface area contributed by atoms with Crippen LogP contribution in [0.4, 0.5) is 0 Å². The molecule has 0 aliphatic rings. The highest BCUT2D eigenvalue weighted by Gasteiger charge is 2.04. The zero-order valence-corrected chi connectivity index (χ0v) is 7.59. The van der Waals surface area contributed by atoms with Crippen molar-refractivity contribution in [3.8, 4) is 0 Å². The highest BCUT2D eigenvalue weighted by molar-refractivity contribution is 6.30. The highest BCUT2D eigenvalue weighted by atomic mass is 35.5. The molecule has 0 radical (unpaired) electrons. The highest BCUT2D eigenvalue weighted by Crippen LogP contribution is 2.15. The fourth-order valence-electron chi connectivity index (χ4n) is 1.27. The van der Waals surface area contributed by atoms with Crippen LogP contribution in [0, 0.1) is 6.92 Å². The molecule has 2 rings (SSSR count). The van der Waals surface area contributed by atoms with Gasteiger partial charge in [-0.2, -0.15) is 5.10 Å². The Morgan fingerprint density at radius 3 is 3.08 bits per heavy atom. The molecule has 2 aromatic rings. The summed E-state index contributed by atoms with van der Waals surface area (Å²) in [4.78, 5) is 15.3. The van der Waals surface area contributed by atoms with E-state index in [4.69, 9.17) is 11.6 Å². The Kier molecular flexibility index (Phi) is 1.77. The molecule has 0 unspecified atom stereocenters. The first-order valence-corrected chi connectivity index (χ1v) is 4.07. The maximum atomic E-state index is 11.3. The number of hydrogen-bond acceptors (Lipinski definition) is 3. The van der Waals surface area contributed by atoms with Gasteiger partial charge in [-0.3, -0.25) is 4.79 Å². The molecule has 4 nitrogen and oxygen atoms in total. The number of aryl methyl sites for hydroxylation is 1. The molecule has 0 amide bonds. The van der Waals surface area contributed by atoms with Gasteiger partial charge in [0.2, 0.25) is 0 Å². The van der Waals surface area contributed by atoms with Crippen molar-refractivity contribution in [2.24, 2.45) is 0 Å². The molecule has 66 valence electrons. The Labute approximate surface area is 78.6 Å². The largest absolute Gasteiger partial charge is 0.273 e. The van der Waals surface area contributed by atoms with E-state index >= 15 is 0 Å². The second-order valence-electron chi connectivity index (χ2n) is 2.69. The van der Waals surface area contributed by atoms with E-state index in [1.54, 1.807) is 19.2 Å². The van der Waals surface area contributed by atoms with Crippen LogP contribution >= 0.6 is 11.6 Å². The van der Waals surface area contributed by atoms with Crippen LogP contribution in [0.25, 0.3) is 10.8 Å². The summed E-state index contributed by atoms with van der Waals surface area (Å²) in [5.41, 5.74) is 0.380. The summed E-state index contributed by atoms with van der Waals surface area (Å²) in [5.74, 6) is 0. The van der Waals surface area contributed by atoms with Crippen LogP contribution in [0.5, 0.6) is 0 Å². The lowest BCUT2D eigenvalue weighted by molar-refractivity contribution is 1.00. The normalized spacial score (nSPS) is 10.6. The minimum Gasteiger partial charge on any atom is -0.267 e. The molecule has 0 spiro atoms. The SMILES string of the molecule is Cc1nc(Cl)cc2cn[nH]c(=O)c12. The quantitative estimate of drug-likeness (QED) is 0.645. The molecular formula is C8H6ClN3O. The zero-order valence-electron chi connectivity index (χ0n) is 6.84. The molecule has 5 heteroatoms. The van der Waals surface area contributed by atoms with Gasteiger partial charge in [-0.05, 0) is 13.0 Å². The Morgan fingerprint density at radius 1 is 1.54 bits per heavy atom. The van der Waals surface area contributed by atoms with Crippen LogP contribution in [0.2, 0.25) is 5.15 Å². The number of nitrogens with one attached hydrogen (secondary N) is 1. The van der Waals surface area contributed by atoms with Gasteiger partial charge < -0.3 is 0 Å². The molecule has 2 heterocycles. The van der Waals surface area contributed by atoms with E-state index in [-0.39, 0.29) is 5.56 Å². The third-order valence-corrected chi connectivity index (χ3v) is 1.99. The minimum atomic E-state index is -0.237. The van der Waals surface area contributed by atoms with Gasteiger partial charge in [0.25, 0.3) is 5.56 Å². The van der Waals surface area contributed by atoms with Gasteiger partial charge in [0, 0.05) is 5.39 Å². The topological polar surface area (TPSA) is 58.6 Å². The summed E-state index contributed by atoms with van der Waals surface area (Å²) in [7, 11) is 0. The molecule has 2 aromatic heterocycles. The molecule has 0 aliphatic heterocycles.